The molecule has 0 atom stereocenters. The van der Waals surface area contributed by atoms with E-state index in [0.717, 1.165) is 5.56 Å². The Kier molecular flexibility index (Phi) is 5.62. The zero-order valence-electron chi connectivity index (χ0n) is 13.8. The Labute approximate surface area is 129 Å². The Hall–Kier alpha value is -1.73. The summed E-state index contributed by atoms with van der Waals surface area (Å²) in [5.41, 5.74) is 0.479. The van der Waals surface area contributed by atoms with Crippen molar-refractivity contribution >= 4 is 19.4 Å². The topological polar surface area (TPSA) is 38.3 Å². The van der Waals surface area contributed by atoms with Crippen LogP contribution in [0.1, 0.15) is 26.3 Å². The molecule has 0 bridgehead atoms. The van der Waals surface area contributed by atoms with Gasteiger partial charge in [-0.25, -0.2) is 4.79 Å². The van der Waals surface area contributed by atoms with Crippen molar-refractivity contribution in [3.8, 4) is 11.8 Å². The molecule has 0 radical (unpaired) electrons. The monoisotopic (exact) mass is 303 g/mol. The summed E-state index contributed by atoms with van der Waals surface area (Å²) in [5.74, 6) is 5.96. The van der Waals surface area contributed by atoms with Crippen LogP contribution in [0.3, 0.4) is 0 Å². The molecule has 3 nitrogen and oxygen atoms in total. The van der Waals surface area contributed by atoms with Gasteiger partial charge in [0.05, 0.1) is 14.6 Å². The van der Waals surface area contributed by atoms with Gasteiger partial charge in [0.25, 0.3) is 0 Å². The fourth-order valence-electron chi connectivity index (χ4n) is 1.63. The maximum absolute atomic E-state index is 11.4. The van der Waals surface area contributed by atoms with Gasteiger partial charge in [-0.15, -0.1) is 0 Å². The second-order valence-corrected chi connectivity index (χ2v) is 12.1. The largest absolute Gasteiger partial charge is 0.444 e. The van der Waals surface area contributed by atoms with E-state index in [4.69, 9.17) is 4.74 Å². The Balaban J connectivity index is 2.51. The quantitative estimate of drug-likeness (QED) is 0.673. The Bertz CT molecular complexity index is 539. The third-order valence-electron chi connectivity index (χ3n) is 2.70. The van der Waals surface area contributed by atoms with Gasteiger partial charge < -0.3 is 10.1 Å². The van der Waals surface area contributed by atoms with Crippen LogP contribution >= 0.6 is 0 Å². The number of alkyl carbamates (subject to hydrolysis) is 1. The smallest absolute Gasteiger partial charge is 0.408 e. The third-order valence-corrected chi connectivity index (χ3v) is 4.77. The normalized spacial score (nSPS) is 11.3. The van der Waals surface area contributed by atoms with Crippen LogP contribution in [0.5, 0.6) is 0 Å². The lowest BCUT2D eigenvalue weighted by Crippen LogP contribution is -2.37. The lowest BCUT2D eigenvalue weighted by Gasteiger charge is -2.19. The Morgan fingerprint density at radius 3 is 2.24 bits per heavy atom. The van der Waals surface area contributed by atoms with Gasteiger partial charge in [0.1, 0.15) is 5.60 Å². The van der Waals surface area contributed by atoms with E-state index >= 15 is 0 Å². The average molecular weight is 303 g/mol. The third kappa shape index (κ3) is 7.01. The van der Waals surface area contributed by atoms with Crippen LogP contribution in [0.15, 0.2) is 24.3 Å². The molecule has 0 aromatic heterocycles. The number of ether oxygens (including phenoxy) is 1. The summed E-state index contributed by atoms with van der Waals surface area (Å²) >= 11 is 0. The van der Waals surface area contributed by atoms with E-state index in [1.54, 1.807) is 0 Å². The zero-order chi connectivity index (χ0) is 16.1. The number of amides is 1. The van der Waals surface area contributed by atoms with Gasteiger partial charge in [-0.3, -0.25) is 0 Å². The Morgan fingerprint density at radius 1 is 1.19 bits per heavy atom. The molecule has 0 spiro atoms. The number of nitrogens with one attached hydrogen (secondary N) is 1. The van der Waals surface area contributed by atoms with E-state index in [2.05, 4.69) is 48.9 Å². The highest BCUT2D eigenvalue weighted by Crippen LogP contribution is 2.06. The molecule has 0 saturated carbocycles. The van der Waals surface area contributed by atoms with E-state index in [1.807, 2.05) is 32.9 Å². The minimum Gasteiger partial charge on any atom is -0.444 e. The Morgan fingerprint density at radius 2 is 1.76 bits per heavy atom. The molecule has 0 heterocycles. The predicted octanol–water partition coefficient (Wildman–Crippen LogP) is 3.11. The van der Waals surface area contributed by atoms with Gasteiger partial charge in [0, 0.05) is 5.56 Å². The molecular weight excluding hydrogens is 278 g/mol. The van der Waals surface area contributed by atoms with Crippen molar-refractivity contribution in [1.29, 1.82) is 0 Å². The van der Waals surface area contributed by atoms with Gasteiger partial charge in [-0.05, 0) is 32.9 Å². The summed E-state index contributed by atoms with van der Waals surface area (Å²) in [7, 11) is -1.25. The summed E-state index contributed by atoms with van der Waals surface area (Å²) in [5, 5.41) is 4.03. The number of hydrogen-bond acceptors (Lipinski definition) is 2. The van der Waals surface area contributed by atoms with Crippen molar-refractivity contribution in [1.82, 2.24) is 5.32 Å². The van der Waals surface area contributed by atoms with Crippen molar-refractivity contribution in [3.05, 3.63) is 29.8 Å². The van der Waals surface area contributed by atoms with Gasteiger partial charge in [0.2, 0.25) is 0 Å². The van der Waals surface area contributed by atoms with E-state index in [0.29, 0.717) is 0 Å². The van der Waals surface area contributed by atoms with Crippen molar-refractivity contribution in [3.63, 3.8) is 0 Å². The molecule has 1 aromatic carbocycles. The van der Waals surface area contributed by atoms with Crippen molar-refractivity contribution in [2.24, 2.45) is 0 Å². The van der Waals surface area contributed by atoms with E-state index in [1.165, 1.54) is 5.19 Å². The second-order valence-electron chi connectivity index (χ2n) is 6.98. The summed E-state index contributed by atoms with van der Waals surface area (Å²) in [6.45, 7) is 12.7. The summed E-state index contributed by atoms with van der Waals surface area (Å²) in [6.07, 6.45) is -0.439. The van der Waals surface area contributed by atoms with Crippen LogP contribution in [0, 0.1) is 11.8 Å². The molecule has 1 aromatic rings. The van der Waals surface area contributed by atoms with Gasteiger partial charge in [-0.2, -0.15) is 0 Å². The molecule has 21 heavy (non-hydrogen) atoms. The highest BCUT2D eigenvalue weighted by Gasteiger charge is 2.16. The van der Waals surface area contributed by atoms with Crippen LogP contribution in [0.25, 0.3) is 0 Å². The highest BCUT2D eigenvalue weighted by molar-refractivity contribution is 6.88. The number of carbonyl (C=O) groups excluding carboxylic acids is 1. The molecule has 0 aliphatic carbocycles. The maximum Gasteiger partial charge on any atom is 0.408 e. The molecular formula is C17H25NO2Si. The lowest BCUT2D eigenvalue weighted by atomic mass is 10.2. The van der Waals surface area contributed by atoms with Gasteiger partial charge in [-0.1, -0.05) is 48.8 Å². The molecule has 1 rings (SSSR count). The number of benzene rings is 1. The fraction of sp³-hybridized carbons (Fsp3) is 0.471. The first kappa shape index (κ1) is 17.3. The maximum atomic E-state index is 11.4. The van der Waals surface area contributed by atoms with Gasteiger partial charge in [0.15, 0.2) is 0 Å². The molecule has 0 aliphatic heterocycles. The zero-order valence-corrected chi connectivity index (χ0v) is 14.8. The standard InChI is InChI=1S/C17H25NO2Si/c1-17(2,3)20-16(19)18-13-7-8-14-9-11-15(12-10-14)21(4,5)6/h9-12H,13H2,1-6H3,(H,18,19). The predicted molar refractivity (Wildman–Crippen MR) is 90.5 cm³/mol. The average Bonchev–Trinajstić information content (AvgIpc) is 2.32. The number of rotatable bonds is 2. The van der Waals surface area contributed by atoms with E-state index in [9.17, 15) is 4.79 Å². The van der Waals surface area contributed by atoms with Crippen LogP contribution in [0.4, 0.5) is 4.79 Å². The highest BCUT2D eigenvalue weighted by atomic mass is 28.3. The molecule has 0 saturated heterocycles. The molecule has 1 N–H and O–H groups in total. The molecule has 114 valence electrons. The van der Waals surface area contributed by atoms with Crippen LogP contribution in [-0.4, -0.2) is 26.3 Å². The molecule has 0 unspecified atom stereocenters. The van der Waals surface area contributed by atoms with Crippen LogP contribution in [0.2, 0.25) is 19.6 Å². The number of carbonyl (C=O) groups is 1. The SMILES string of the molecule is CC(C)(C)OC(=O)NCC#Cc1ccc([Si](C)(C)C)cc1. The fourth-order valence-corrected chi connectivity index (χ4v) is 2.80. The minimum absolute atomic E-state index is 0.282. The molecule has 0 aliphatic rings. The second kappa shape index (κ2) is 6.82. The summed E-state index contributed by atoms with van der Waals surface area (Å²) in [4.78, 5) is 11.4. The summed E-state index contributed by atoms with van der Waals surface area (Å²) < 4.78 is 5.13. The van der Waals surface area contributed by atoms with E-state index < -0.39 is 19.8 Å². The molecule has 1 amide bonds. The van der Waals surface area contributed by atoms with Gasteiger partial charge >= 0.3 is 6.09 Å². The summed E-state index contributed by atoms with van der Waals surface area (Å²) in [6, 6.07) is 8.37. The minimum atomic E-state index is -1.25. The van der Waals surface area contributed by atoms with Crippen LogP contribution < -0.4 is 10.5 Å². The first-order valence-corrected chi connectivity index (χ1v) is 10.6. The van der Waals surface area contributed by atoms with E-state index in [-0.39, 0.29) is 6.54 Å². The molecule has 0 fully saturated rings. The molecule has 4 heteroatoms. The van der Waals surface area contributed by atoms with Crippen molar-refractivity contribution < 1.29 is 9.53 Å². The lowest BCUT2D eigenvalue weighted by molar-refractivity contribution is 0.0535. The van der Waals surface area contributed by atoms with Crippen molar-refractivity contribution in [2.75, 3.05) is 6.54 Å². The van der Waals surface area contributed by atoms with Crippen LogP contribution in [-0.2, 0) is 4.74 Å². The number of hydrogen-bond donors (Lipinski definition) is 1. The first-order chi connectivity index (χ1) is 9.58. The first-order valence-electron chi connectivity index (χ1n) is 7.14. The van der Waals surface area contributed by atoms with Crippen molar-refractivity contribution in [2.45, 2.75) is 46.0 Å².